The zero-order chi connectivity index (χ0) is 16.4. The predicted molar refractivity (Wildman–Crippen MR) is 75.2 cm³/mol. The summed E-state index contributed by atoms with van der Waals surface area (Å²) in [5, 5.41) is 21.0. The molecule has 4 atom stereocenters. The first kappa shape index (κ1) is 16.4. The van der Waals surface area contributed by atoms with Crippen LogP contribution in [0.25, 0.3) is 0 Å². The van der Waals surface area contributed by atoms with Crippen LogP contribution in [-0.2, 0) is 9.53 Å². The molecule has 10 nitrogen and oxygen atoms in total. The number of carbonyl (C=O) groups is 1. The van der Waals surface area contributed by atoms with Crippen molar-refractivity contribution in [1.82, 2.24) is 9.55 Å². The molecule has 0 radical (unpaired) electrons. The van der Waals surface area contributed by atoms with Gasteiger partial charge in [-0.2, -0.15) is 0 Å². The molecular formula is C12H18N4O6. The first-order valence-electron chi connectivity index (χ1n) is 6.69. The highest BCUT2D eigenvalue weighted by atomic mass is 16.5. The molecular weight excluding hydrogens is 296 g/mol. The van der Waals surface area contributed by atoms with E-state index in [1.54, 1.807) is 0 Å². The standard InChI is InChI=1S/C12H18N4O6/c1-5(13)10(19)14-6-3-16(12(21)15-11(6)20)9-2-7(18)8(4-17)22-9/h3,5,7-9,17-18H,2,4,13H2,1H3,(H,14,19)(H,15,20,21)/t5-,7-,8+,9+/m0/s1. The summed E-state index contributed by atoms with van der Waals surface area (Å²) in [5.41, 5.74) is 3.72. The molecule has 0 saturated carbocycles. The monoisotopic (exact) mass is 314 g/mol. The number of anilines is 1. The maximum atomic E-state index is 11.8. The highest BCUT2D eigenvalue weighted by Gasteiger charge is 2.35. The van der Waals surface area contributed by atoms with Crippen molar-refractivity contribution in [2.24, 2.45) is 5.73 Å². The molecule has 122 valence electrons. The SMILES string of the molecule is C[C@H](N)C(=O)Nc1cn([C@H]2C[C@H](O)[C@@H](CO)O2)c(=O)[nH]c1=O. The largest absolute Gasteiger partial charge is 0.394 e. The minimum absolute atomic E-state index is 0.0673. The lowest BCUT2D eigenvalue weighted by Gasteiger charge is -2.15. The number of nitrogens with one attached hydrogen (secondary N) is 2. The van der Waals surface area contributed by atoms with Crippen LogP contribution in [0, 0.1) is 0 Å². The van der Waals surface area contributed by atoms with E-state index in [1.807, 2.05) is 4.98 Å². The fourth-order valence-corrected chi connectivity index (χ4v) is 2.09. The first-order valence-corrected chi connectivity index (χ1v) is 6.69. The van der Waals surface area contributed by atoms with Crippen LogP contribution >= 0.6 is 0 Å². The Balaban J connectivity index is 2.31. The van der Waals surface area contributed by atoms with Gasteiger partial charge in [0.05, 0.1) is 18.8 Å². The lowest BCUT2D eigenvalue weighted by atomic mass is 10.2. The summed E-state index contributed by atoms with van der Waals surface area (Å²) in [6, 6.07) is -0.830. The molecule has 2 rings (SSSR count). The Hall–Kier alpha value is -2.01. The van der Waals surface area contributed by atoms with Gasteiger partial charge < -0.3 is 26.0 Å². The Morgan fingerprint density at radius 3 is 2.86 bits per heavy atom. The molecule has 2 heterocycles. The van der Waals surface area contributed by atoms with Crippen LogP contribution in [0.3, 0.4) is 0 Å². The molecule has 1 aromatic heterocycles. The van der Waals surface area contributed by atoms with Gasteiger partial charge >= 0.3 is 5.69 Å². The van der Waals surface area contributed by atoms with Crippen LogP contribution in [0.4, 0.5) is 5.69 Å². The van der Waals surface area contributed by atoms with Crippen molar-refractivity contribution < 1.29 is 19.7 Å². The van der Waals surface area contributed by atoms with Crippen molar-refractivity contribution in [1.29, 1.82) is 0 Å². The third kappa shape index (κ3) is 3.25. The van der Waals surface area contributed by atoms with E-state index in [0.717, 1.165) is 10.8 Å². The highest BCUT2D eigenvalue weighted by molar-refractivity contribution is 5.94. The van der Waals surface area contributed by atoms with Gasteiger partial charge in [0.25, 0.3) is 5.56 Å². The summed E-state index contributed by atoms with van der Waals surface area (Å²) in [4.78, 5) is 37.1. The number of H-pyrrole nitrogens is 1. The maximum Gasteiger partial charge on any atom is 0.330 e. The van der Waals surface area contributed by atoms with Crippen molar-refractivity contribution in [3.8, 4) is 0 Å². The molecule has 0 spiro atoms. The molecule has 1 saturated heterocycles. The number of hydrogen-bond acceptors (Lipinski definition) is 7. The van der Waals surface area contributed by atoms with E-state index in [9.17, 15) is 19.5 Å². The summed E-state index contributed by atoms with van der Waals surface area (Å²) < 4.78 is 6.38. The number of aromatic amines is 1. The van der Waals surface area contributed by atoms with Crippen LogP contribution in [0.15, 0.2) is 15.8 Å². The summed E-state index contributed by atoms with van der Waals surface area (Å²) in [6.45, 7) is 1.05. The fourth-order valence-electron chi connectivity index (χ4n) is 2.09. The van der Waals surface area contributed by atoms with Crippen molar-refractivity contribution in [3.63, 3.8) is 0 Å². The van der Waals surface area contributed by atoms with Crippen molar-refractivity contribution in [2.45, 2.75) is 37.8 Å². The van der Waals surface area contributed by atoms with E-state index in [1.165, 1.54) is 6.92 Å². The van der Waals surface area contributed by atoms with Gasteiger partial charge in [0.15, 0.2) is 0 Å². The lowest BCUT2D eigenvalue weighted by Crippen LogP contribution is -2.38. The number of carbonyl (C=O) groups excluding carboxylic acids is 1. The number of nitrogens with zero attached hydrogens (tertiary/aromatic N) is 1. The number of aliphatic hydroxyl groups excluding tert-OH is 2. The molecule has 0 bridgehead atoms. The van der Waals surface area contributed by atoms with Crippen LogP contribution in [0.1, 0.15) is 19.6 Å². The van der Waals surface area contributed by atoms with Gasteiger partial charge in [0.1, 0.15) is 18.0 Å². The van der Waals surface area contributed by atoms with Crippen LogP contribution in [-0.4, -0.2) is 50.5 Å². The third-order valence-corrected chi connectivity index (χ3v) is 3.33. The Morgan fingerprint density at radius 1 is 1.64 bits per heavy atom. The minimum Gasteiger partial charge on any atom is -0.394 e. The molecule has 0 aliphatic carbocycles. The smallest absolute Gasteiger partial charge is 0.330 e. The highest BCUT2D eigenvalue weighted by Crippen LogP contribution is 2.27. The van der Waals surface area contributed by atoms with Gasteiger partial charge in [0, 0.05) is 12.6 Å². The van der Waals surface area contributed by atoms with Crippen molar-refractivity contribution >= 4 is 11.6 Å². The van der Waals surface area contributed by atoms with E-state index in [-0.39, 0.29) is 12.1 Å². The van der Waals surface area contributed by atoms with E-state index in [0.29, 0.717) is 0 Å². The molecule has 6 N–H and O–H groups in total. The molecule has 1 fully saturated rings. The van der Waals surface area contributed by atoms with Crippen LogP contribution in [0.5, 0.6) is 0 Å². The van der Waals surface area contributed by atoms with Gasteiger partial charge in [-0.1, -0.05) is 0 Å². The molecule has 10 heteroatoms. The van der Waals surface area contributed by atoms with Crippen molar-refractivity contribution in [3.05, 3.63) is 27.0 Å². The Kier molecular flexibility index (Phi) is 4.76. The van der Waals surface area contributed by atoms with E-state index in [4.69, 9.17) is 15.6 Å². The van der Waals surface area contributed by atoms with Gasteiger partial charge in [0.2, 0.25) is 5.91 Å². The van der Waals surface area contributed by atoms with Crippen LogP contribution < -0.4 is 22.3 Å². The molecule has 0 unspecified atom stereocenters. The Morgan fingerprint density at radius 2 is 2.32 bits per heavy atom. The number of aliphatic hydroxyl groups is 2. The number of hydrogen-bond donors (Lipinski definition) is 5. The number of aromatic nitrogens is 2. The van der Waals surface area contributed by atoms with Crippen molar-refractivity contribution in [2.75, 3.05) is 11.9 Å². The first-order chi connectivity index (χ1) is 10.3. The Labute approximate surface area is 124 Å². The fraction of sp³-hybridized carbons (Fsp3) is 0.583. The minimum atomic E-state index is -0.934. The maximum absolute atomic E-state index is 11.8. The van der Waals surface area contributed by atoms with Gasteiger partial charge in [-0.05, 0) is 6.92 Å². The van der Waals surface area contributed by atoms with Gasteiger partial charge in [-0.3, -0.25) is 19.1 Å². The van der Waals surface area contributed by atoms with Gasteiger partial charge in [-0.25, -0.2) is 4.79 Å². The van der Waals surface area contributed by atoms with Crippen LogP contribution in [0.2, 0.25) is 0 Å². The summed E-state index contributed by atoms with van der Waals surface area (Å²) in [5.74, 6) is -0.587. The molecule has 1 aliphatic heterocycles. The van der Waals surface area contributed by atoms with E-state index < -0.39 is 48.2 Å². The van der Waals surface area contributed by atoms with E-state index >= 15 is 0 Å². The second-order valence-corrected chi connectivity index (χ2v) is 5.10. The lowest BCUT2D eigenvalue weighted by molar-refractivity contribution is -0.117. The molecule has 0 aromatic carbocycles. The summed E-state index contributed by atoms with van der Waals surface area (Å²) in [7, 11) is 0. The topological polar surface area (TPSA) is 160 Å². The molecule has 1 amide bonds. The number of nitrogens with two attached hydrogens (primary N) is 1. The normalized spacial score (nSPS) is 25.9. The van der Waals surface area contributed by atoms with Gasteiger partial charge in [-0.15, -0.1) is 0 Å². The predicted octanol–water partition coefficient (Wildman–Crippen LogP) is -2.54. The zero-order valence-corrected chi connectivity index (χ0v) is 11.9. The average molecular weight is 314 g/mol. The quantitative estimate of drug-likeness (QED) is 0.409. The number of rotatable bonds is 4. The molecule has 1 aliphatic rings. The molecule has 1 aromatic rings. The number of amides is 1. The number of ether oxygens (including phenoxy) is 1. The third-order valence-electron chi connectivity index (χ3n) is 3.33. The second kappa shape index (κ2) is 6.40. The average Bonchev–Trinajstić information content (AvgIpc) is 2.82. The zero-order valence-electron chi connectivity index (χ0n) is 11.9. The summed E-state index contributed by atoms with van der Waals surface area (Å²) in [6.07, 6.45) is -1.42. The Bertz CT molecular complexity index is 666. The van der Waals surface area contributed by atoms with E-state index in [2.05, 4.69) is 5.32 Å². The molecule has 22 heavy (non-hydrogen) atoms. The second-order valence-electron chi connectivity index (χ2n) is 5.10. The summed E-state index contributed by atoms with van der Waals surface area (Å²) >= 11 is 0.